The van der Waals surface area contributed by atoms with Crippen LogP contribution in [0.1, 0.15) is 31.9 Å². The zero-order valence-electron chi connectivity index (χ0n) is 23.7. The third-order valence-electron chi connectivity index (χ3n) is 7.40. The lowest BCUT2D eigenvalue weighted by Crippen LogP contribution is -2.37. The smallest absolute Gasteiger partial charge is 0.144 e. The predicted octanol–water partition coefficient (Wildman–Crippen LogP) is 7.83. The van der Waals surface area contributed by atoms with Crippen LogP contribution in [0.3, 0.4) is 0 Å². The van der Waals surface area contributed by atoms with Gasteiger partial charge in [0.15, 0.2) is 0 Å². The maximum absolute atomic E-state index is 10.9. The molecule has 5 heteroatoms. The van der Waals surface area contributed by atoms with E-state index in [0.29, 0.717) is 0 Å². The number of para-hydroxylation sites is 1. The van der Waals surface area contributed by atoms with Gasteiger partial charge < -0.3 is 9.67 Å². The normalized spacial score (nSPS) is 12.3. The van der Waals surface area contributed by atoms with E-state index < -0.39 is 8.07 Å². The highest BCUT2D eigenvalue weighted by Crippen LogP contribution is 2.38. The largest absolute Gasteiger partial charge is 0.507 e. The molecule has 0 fully saturated rings. The Hall–Kier alpha value is -3.70. The molecule has 0 spiro atoms. The van der Waals surface area contributed by atoms with Gasteiger partial charge in [-0.2, -0.15) is 0 Å². The van der Waals surface area contributed by atoms with Crippen molar-refractivity contribution < 1.29 is 5.11 Å². The van der Waals surface area contributed by atoms with Gasteiger partial charge in [0, 0.05) is 24.4 Å². The summed E-state index contributed by atoms with van der Waals surface area (Å²) in [5.74, 6) is 1.05. The number of aryl methyl sites for hydroxylation is 2. The summed E-state index contributed by atoms with van der Waals surface area (Å²) in [6.07, 6.45) is 1.85. The minimum Gasteiger partial charge on any atom is -0.507 e. The van der Waals surface area contributed by atoms with E-state index in [1.165, 1.54) is 10.8 Å². The minimum absolute atomic E-state index is 0.0301. The summed E-state index contributed by atoms with van der Waals surface area (Å²) in [6, 6.07) is 23.4. The molecule has 3 aromatic carbocycles. The fourth-order valence-corrected chi connectivity index (χ4v) is 6.07. The van der Waals surface area contributed by atoms with Crippen LogP contribution in [0.5, 0.6) is 5.75 Å². The lowest BCUT2D eigenvalue weighted by Gasteiger charge is -2.23. The van der Waals surface area contributed by atoms with Crippen LogP contribution in [0.2, 0.25) is 19.6 Å². The standard InChI is InChI=1S/C33H37N3OSi/c1-21-12-11-13-26(31(21)37)32-35-30-27(19-25(38(6,7)8)20-29(30)36(32)5)22-16-23(28-14-9-10-15-34-28)18-24(17-22)33(2,3)4/h9-20,37H,1-8H3. The number of pyridine rings is 1. The topological polar surface area (TPSA) is 50.9 Å². The Bertz CT molecular complexity index is 1650. The Labute approximate surface area is 227 Å². The first-order chi connectivity index (χ1) is 17.8. The number of benzene rings is 3. The van der Waals surface area contributed by atoms with Crippen LogP contribution in [0.4, 0.5) is 0 Å². The van der Waals surface area contributed by atoms with Crippen molar-refractivity contribution in [2.45, 2.75) is 52.8 Å². The molecule has 0 atom stereocenters. The molecule has 4 nitrogen and oxygen atoms in total. The van der Waals surface area contributed by atoms with Crippen LogP contribution < -0.4 is 5.19 Å². The van der Waals surface area contributed by atoms with E-state index >= 15 is 0 Å². The third kappa shape index (κ3) is 4.67. The predicted molar refractivity (Wildman–Crippen MR) is 163 cm³/mol. The average Bonchev–Trinajstić information content (AvgIpc) is 3.20. The summed E-state index contributed by atoms with van der Waals surface area (Å²) in [4.78, 5) is 9.84. The van der Waals surface area contributed by atoms with Crippen molar-refractivity contribution in [1.29, 1.82) is 0 Å². The van der Waals surface area contributed by atoms with E-state index in [9.17, 15) is 5.11 Å². The number of nitrogens with zero attached hydrogens (tertiary/aromatic N) is 3. The minimum atomic E-state index is -1.66. The van der Waals surface area contributed by atoms with Gasteiger partial charge in [0.25, 0.3) is 0 Å². The Morgan fingerprint density at radius 2 is 1.58 bits per heavy atom. The average molecular weight is 520 g/mol. The Morgan fingerprint density at radius 3 is 2.24 bits per heavy atom. The second-order valence-corrected chi connectivity index (χ2v) is 17.4. The van der Waals surface area contributed by atoms with Gasteiger partial charge >= 0.3 is 0 Å². The number of fused-ring (bicyclic) bond motifs is 1. The van der Waals surface area contributed by atoms with Crippen LogP contribution in [0.15, 0.2) is 72.9 Å². The van der Waals surface area contributed by atoms with Gasteiger partial charge in [-0.25, -0.2) is 4.98 Å². The molecule has 0 aliphatic heterocycles. The number of hydrogen-bond acceptors (Lipinski definition) is 3. The van der Waals surface area contributed by atoms with Gasteiger partial charge in [-0.05, 0) is 65.4 Å². The molecule has 0 aliphatic carbocycles. The molecule has 2 heterocycles. The van der Waals surface area contributed by atoms with Gasteiger partial charge in [-0.1, -0.05) is 75.9 Å². The molecule has 5 aromatic rings. The molecular weight excluding hydrogens is 482 g/mol. The summed E-state index contributed by atoms with van der Waals surface area (Å²) in [7, 11) is 0.392. The van der Waals surface area contributed by atoms with Gasteiger partial charge in [0.05, 0.1) is 30.4 Å². The molecule has 194 valence electrons. The fourth-order valence-electron chi connectivity index (χ4n) is 4.92. The molecule has 0 bridgehead atoms. The molecule has 0 radical (unpaired) electrons. The molecule has 5 rings (SSSR count). The summed E-state index contributed by atoms with van der Waals surface area (Å²) in [5, 5.41) is 12.3. The highest BCUT2D eigenvalue weighted by Gasteiger charge is 2.24. The van der Waals surface area contributed by atoms with E-state index in [0.717, 1.165) is 50.4 Å². The molecule has 0 aliphatic rings. The Balaban J connectivity index is 1.85. The zero-order valence-corrected chi connectivity index (χ0v) is 24.7. The lowest BCUT2D eigenvalue weighted by atomic mass is 9.83. The first-order valence-electron chi connectivity index (χ1n) is 13.2. The lowest BCUT2D eigenvalue weighted by molar-refractivity contribution is 0.472. The van der Waals surface area contributed by atoms with Crippen molar-refractivity contribution >= 4 is 24.3 Å². The van der Waals surface area contributed by atoms with Gasteiger partial charge in [-0.15, -0.1) is 0 Å². The van der Waals surface area contributed by atoms with Crippen LogP contribution in [-0.2, 0) is 12.5 Å². The first kappa shape index (κ1) is 25.9. The second-order valence-electron chi connectivity index (χ2n) is 12.4. The van der Waals surface area contributed by atoms with Crippen molar-refractivity contribution in [3.63, 3.8) is 0 Å². The highest BCUT2D eigenvalue weighted by atomic mass is 28.3. The summed E-state index contributed by atoms with van der Waals surface area (Å²) in [6.45, 7) is 15.8. The zero-order chi connectivity index (χ0) is 27.4. The van der Waals surface area contributed by atoms with E-state index in [-0.39, 0.29) is 11.2 Å². The molecule has 0 amide bonds. The maximum Gasteiger partial charge on any atom is 0.144 e. The van der Waals surface area contributed by atoms with Crippen molar-refractivity contribution in [2.24, 2.45) is 7.05 Å². The van der Waals surface area contributed by atoms with Crippen molar-refractivity contribution in [2.75, 3.05) is 0 Å². The molecule has 0 saturated heterocycles. The monoisotopic (exact) mass is 519 g/mol. The van der Waals surface area contributed by atoms with E-state index in [2.05, 4.69) is 93.4 Å². The van der Waals surface area contributed by atoms with Crippen LogP contribution in [0, 0.1) is 6.92 Å². The Kier molecular flexibility index (Phi) is 6.31. The Morgan fingerprint density at radius 1 is 0.842 bits per heavy atom. The SMILES string of the molecule is Cc1cccc(-c2nc3c(-c4cc(-c5ccccn5)cc(C(C)(C)C)c4)cc([Si](C)(C)C)cc3n2C)c1O. The molecule has 1 N–H and O–H groups in total. The third-order valence-corrected chi connectivity index (χ3v) is 9.42. The summed E-state index contributed by atoms with van der Waals surface area (Å²) >= 11 is 0. The second kappa shape index (κ2) is 9.24. The van der Waals surface area contributed by atoms with E-state index in [1.807, 2.05) is 43.5 Å². The number of aromatic hydroxyl groups is 1. The van der Waals surface area contributed by atoms with Crippen LogP contribution >= 0.6 is 0 Å². The van der Waals surface area contributed by atoms with Gasteiger partial charge in [0.2, 0.25) is 0 Å². The van der Waals surface area contributed by atoms with E-state index in [4.69, 9.17) is 4.98 Å². The number of hydrogen-bond donors (Lipinski definition) is 1. The van der Waals surface area contributed by atoms with E-state index in [1.54, 1.807) is 0 Å². The summed E-state index contributed by atoms with van der Waals surface area (Å²) < 4.78 is 2.13. The molecule has 0 unspecified atom stereocenters. The fraction of sp³-hybridized carbons (Fsp3) is 0.273. The van der Waals surface area contributed by atoms with Crippen LogP contribution in [0.25, 0.3) is 44.8 Å². The molecule has 2 aromatic heterocycles. The van der Waals surface area contributed by atoms with Crippen molar-refractivity contribution in [3.8, 4) is 39.5 Å². The van der Waals surface area contributed by atoms with Gasteiger partial charge in [0.1, 0.15) is 11.6 Å². The molecular formula is C33H37N3OSi. The highest BCUT2D eigenvalue weighted by molar-refractivity contribution is 6.88. The number of imidazole rings is 1. The maximum atomic E-state index is 10.9. The number of phenolic OH excluding ortho intramolecular Hbond substituents is 1. The van der Waals surface area contributed by atoms with Crippen molar-refractivity contribution in [3.05, 3.63) is 84.1 Å². The quantitative estimate of drug-likeness (QED) is 0.246. The van der Waals surface area contributed by atoms with Gasteiger partial charge in [-0.3, -0.25) is 4.98 Å². The van der Waals surface area contributed by atoms with Crippen LogP contribution in [-0.4, -0.2) is 27.7 Å². The first-order valence-corrected chi connectivity index (χ1v) is 16.7. The molecule has 0 saturated carbocycles. The number of rotatable bonds is 4. The van der Waals surface area contributed by atoms with Crippen molar-refractivity contribution in [1.82, 2.24) is 14.5 Å². The summed E-state index contributed by atoms with van der Waals surface area (Å²) in [5.41, 5.74) is 9.18. The molecule has 38 heavy (non-hydrogen) atoms. The number of phenols is 1. The number of aromatic nitrogens is 3.